The van der Waals surface area contributed by atoms with E-state index in [0.29, 0.717) is 12.8 Å². The Morgan fingerprint density at radius 1 is 1.03 bits per heavy atom. The molecule has 1 heterocycles. The van der Waals surface area contributed by atoms with E-state index in [1.165, 1.54) is 0 Å². The van der Waals surface area contributed by atoms with Crippen LogP contribution in [-0.2, 0) is 4.79 Å². The first-order valence-electron chi connectivity index (χ1n) is 10.3. The van der Waals surface area contributed by atoms with E-state index in [2.05, 4.69) is 26.5 Å². The molecule has 166 valence electrons. The monoisotopic (exact) mass is 437 g/mol. The summed E-state index contributed by atoms with van der Waals surface area (Å²) in [4.78, 5) is 17.3. The zero-order chi connectivity index (χ0) is 21.3. The Kier molecular flexibility index (Phi) is 7.00. The fraction of sp³-hybridized carbons (Fsp3) is 0.895. The quantitative estimate of drug-likeness (QED) is 0.304. The normalized spacial score (nSPS) is 41.0. The van der Waals surface area contributed by atoms with Gasteiger partial charge in [-0.15, -0.1) is 11.6 Å². The minimum atomic E-state index is -1.62. The predicted octanol–water partition coefficient (Wildman–Crippen LogP) is 2.48. The number of hydrogen-bond acceptors (Lipinski definition) is 4. The van der Waals surface area contributed by atoms with Crippen molar-refractivity contribution in [3.8, 4) is 0 Å². The highest BCUT2D eigenvalue weighted by Crippen LogP contribution is 2.35. The number of carbonyl (C=O) groups excluding carboxylic acids is 1. The fourth-order valence-corrected chi connectivity index (χ4v) is 4.50. The molecule has 4 N–H and O–H groups in total. The molecule has 0 aromatic carbocycles. The molecule has 0 spiro atoms. The Hall–Kier alpha value is -1.06. The molecular formula is C19H31ClF3N5O. The average molecular weight is 438 g/mol. The minimum absolute atomic E-state index is 0.00281. The van der Waals surface area contributed by atoms with E-state index >= 15 is 0 Å². The van der Waals surface area contributed by atoms with Gasteiger partial charge < -0.3 is 5.32 Å². The van der Waals surface area contributed by atoms with Crippen molar-refractivity contribution in [2.24, 2.45) is 16.8 Å². The van der Waals surface area contributed by atoms with Gasteiger partial charge in [-0.05, 0) is 52.9 Å². The van der Waals surface area contributed by atoms with E-state index < -0.39 is 41.5 Å². The van der Waals surface area contributed by atoms with Crippen LogP contribution in [0, 0.1) is 11.8 Å². The number of aliphatic imine (C=N–C) groups is 1. The Morgan fingerprint density at radius 2 is 1.76 bits per heavy atom. The molecule has 0 aromatic heterocycles. The van der Waals surface area contributed by atoms with Crippen LogP contribution in [0.25, 0.3) is 0 Å². The first-order valence-corrected chi connectivity index (χ1v) is 10.7. The SMILES string of the molecule is CC(C)(C)N/C(=N/C1NNC2CC(Cl)C(F)CC21)NC(=O)C1CCC(F)C(F)C1. The molecule has 1 aliphatic heterocycles. The molecule has 0 radical (unpaired) electrons. The van der Waals surface area contributed by atoms with Crippen LogP contribution in [0.5, 0.6) is 0 Å². The van der Waals surface area contributed by atoms with Gasteiger partial charge >= 0.3 is 0 Å². The highest BCUT2D eigenvalue weighted by molar-refractivity contribution is 6.21. The van der Waals surface area contributed by atoms with Crippen molar-refractivity contribution in [3.63, 3.8) is 0 Å². The van der Waals surface area contributed by atoms with Gasteiger partial charge in [0.1, 0.15) is 24.7 Å². The van der Waals surface area contributed by atoms with Crippen molar-refractivity contribution in [3.05, 3.63) is 0 Å². The molecule has 3 aliphatic rings. The maximum atomic E-state index is 14.1. The van der Waals surface area contributed by atoms with E-state index in [4.69, 9.17) is 11.6 Å². The number of halogens is 4. The molecule has 2 saturated carbocycles. The smallest absolute Gasteiger partial charge is 0.229 e. The zero-order valence-corrected chi connectivity index (χ0v) is 17.8. The van der Waals surface area contributed by atoms with Crippen LogP contribution in [0.3, 0.4) is 0 Å². The molecular weight excluding hydrogens is 407 g/mol. The largest absolute Gasteiger partial charge is 0.351 e. The third-order valence-electron chi connectivity index (χ3n) is 5.77. The van der Waals surface area contributed by atoms with Crippen molar-refractivity contribution >= 4 is 23.5 Å². The topological polar surface area (TPSA) is 77.6 Å². The van der Waals surface area contributed by atoms with Crippen molar-refractivity contribution in [1.29, 1.82) is 0 Å². The summed E-state index contributed by atoms with van der Waals surface area (Å²) in [6.07, 6.45) is -3.71. The Morgan fingerprint density at radius 3 is 2.41 bits per heavy atom. The third kappa shape index (κ3) is 5.76. The number of guanidine groups is 1. The van der Waals surface area contributed by atoms with Gasteiger partial charge in [0.05, 0.1) is 5.38 Å². The number of hydrazine groups is 1. The Labute approximate surface area is 174 Å². The first-order chi connectivity index (χ1) is 13.5. The number of amides is 1. The van der Waals surface area contributed by atoms with E-state index in [1.807, 2.05) is 20.8 Å². The van der Waals surface area contributed by atoms with Gasteiger partial charge in [-0.3, -0.25) is 15.5 Å². The fourth-order valence-electron chi connectivity index (χ4n) is 4.20. The highest BCUT2D eigenvalue weighted by Gasteiger charge is 2.44. The van der Waals surface area contributed by atoms with Crippen LogP contribution in [0.2, 0.25) is 0 Å². The van der Waals surface area contributed by atoms with Crippen LogP contribution in [0.1, 0.15) is 52.9 Å². The molecule has 6 nitrogen and oxygen atoms in total. The van der Waals surface area contributed by atoms with E-state index in [9.17, 15) is 18.0 Å². The molecule has 2 aliphatic carbocycles. The minimum Gasteiger partial charge on any atom is -0.351 e. The van der Waals surface area contributed by atoms with Gasteiger partial charge in [0.25, 0.3) is 0 Å². The molecule has 8 atom stereocenters. The standard InChI is InChI=1S/C19H31ClF3N5O/c1-19(2,3)26-18(25-17(29)9-4-5-12(21)14(23)6-9)24-16-10-7-13(22)11(20)8-15(10)27-28-16/h9-16,27-28H,4-8H2,1-3H3,(H2,24,25,26,29). The molecule has 29 heavy (non-hydrogen) atoms. The van der Waals surface area contributed by atoms with Crippen LogP contribution in [0.15, 0.2) is 4.99 Å². The predicted molar refractivity (Wildman–Crippen MR) is 107 cm³/mol. The second-order valence-corrected chi connectivity index (χ2v) is 9.95. The Balaban J connectivity index is 1.71. The number of carbonyl (C=O) groups is 1. The highest BCUT2D eigenvalue weighted by atomic mass is 35.5. The lowest BCUT2D eigenvalue weighted by Crippen LogP contribution is -2.52. The summed E-state index contributed by atoms with van der Waals surface area (Å²) in [5.41, 5.74) is 5.78. The molecule has 1 amide bonds. The maximum absolute atomic E-state index is 14.1. The number of fused-ring (bicyclic) bond motifs is 1. The van der Waals surface area contributed by atoms with Crippen molar-refractivity contribution in [2.75, 3.05) is 0 Å². The van der Waals surface area contributed by atoms with Crippen molar-refractivity contribution in [1.82, 2.24) is 21.5 Å². The van der Waals surface area contributed by atoms with Crippen LogP contribution < -0.4 is 21.5 Å². The molecule has 3 fully saturated rings. The molecule has 8 unspecified atom stereocenters. The summed E-state index contributed by atoms with van der Waals surface area (Å²) in [7, 11) is 0. The second-order valence-electron chi connectivity index (χ2n) is 9.39. The number of nitrogens with one attached hydrogen (secondary N) is 4. The van der Waals surface area contributed by atoms with Crippen molar-refractivity contribution < 1.29 is 18.0 Å². The third-order valence-corrected chi connectivity index (χ3v) is 6.23. The number of hydrogen-bond donors (Lipinski definition) is 4. The van der Waals surface area contributed by atoms with Gasteiger partial charge in [0.2, 0.25) is 5.91 Å². The maximum Gasteiger partial charge on any atom is 0.229 e. The van der Waals surface area contributed by atoms with Gasteiger partial charge in [-0.2, -0.15) is 0 Å². The lowest BCUT2D eigenvalue weighted by molar-refractivity contribution is -0.125. The molecule has 3 rings (SSSR count). The van der Waals surface area contributed by atoms with Crippen LogP contribution in [-0.4, -0.2) is 53.5 Å². The molecule has 0 bridgehead atoms. The summed E-state index contributed by atoms with van der Waals surface area (Å²) in [5, 5.41) is 5.37. The molecule has 10 heteroatoms. The summed E-state index contributed by atoms with van der Waals surface area (Å²) in [6, 6.07) is -0.00281. The summed E-state index contributed by atoms with van der Waals surface area (Å²) >= 11 is 6.05. The average Bonchev–Trinajstić information content (AvgIpc) is 2.98. The summed E-state index contributed by atoms with van der Waals surface area (Å²) in [5.74, 6) is -0.854. The zero-order valence-electron chi connectivity index (χ0n) is 17.0. The van der Waals surface area contributed by atoms with Gasteiger partial charge in [0.15, 0.2) is 5.96 Å². The lowest BCUT2D eigenvalue weighted by atomic mass is 9.83. The number of rotatable bonds is 2. The Bertz CT molecular complexity index is 631. The van der Waals surface area contributed by atoms with E-state index in [-0.39, 0.29) is 43.1 Å². The number of nitrogens with zero attached hydrogens (tertiary/aromatic N) is 1. The number of alkyl halides is 4. The second kappa shape index (κ2) is 8.98. The summed E-state index contributed by atoms with van der Waals surface area (Å²) in [6.45, 7) is 5.75. The van der Waals surface area contributed by atoms with Crippen LogP contribution in [0.4, 0.5) is 13.2 Å². The lowest BCUT2D eigenvalue weighted by Gasteiger charge is -2.32. The van der Waals surface area contributed by atoms with E-state index in [0.717, 1.165) is 0 Å². The van der Waals surface area contributed by atoms with Gasteiger partial charge in [-0.25, -0.2) is 23.6 Å². The molecule has 0 aromatic rings. The van der Waals surface area contributed by atoms with E-state index in [1.54, 1.807) is 0 Å². The molecule has 1 saturated heterocycles. The summed E-state index contributed by atoms with van der Waals surface area (Å²) < 4.78 is 41.2. The van der Waals surface area contributed by atoms with Crippen molar-refractivity contribution in [2.45, 2.75) is 94.5 Å². The first kappa shape index (κ1) is 22.6. The van der Waals surface area contributed by atoms with Gasteiger partial charge in [0, 0.05) is 23.4 Å². The van der Waals surface area contributed by atoms with Gasteiger partial charge in [-0.1, -0.05) is 0 Å². The van der Waals surface area contributed by atoms with Crippen LogP contribution >= 0.6 is 11.6 Å².